The summed E-state index contributed by atoms with van der Waals surface area (Å²) in [5.74, 6) is 0.0503. The fourth-order valence-electron chi connectivity index (χ4n) is 2.59. The predicted octanol–water partition coefficient (Wildman–Crippen LogP) is 0.660. The Morgan fingerprint density at radius 2 is 2.28 bits per heavy atom. The molecule has 1 aliphatic heterocycles. The van der Waals surface area contributed by atoms with Crippen molar-refractivity contribution < 1.29 is 4.79 Å². The van der Waals surface area contributed by atoms with Gasteiger partial charge < -0.3 is 15.2 Å². The van der Waals surface area contributed by atoms with Crippen LogP contribution in [-0.2, 0) is 16.8 Å². The number of aromatic nitrogens is 2. The maximum Gasteiger partial charge on any atom is 0.239 e. The molecule has 2 rings (SSSR count). The largest absolute Gasteiger partial charge is 0.355 e. The Labute approximate surface area is 108 Å². The average Bonchev–Trinajstić information content (AvgIpc) is 2.79. The summed E-state index contributed by atoms with van der Waals surface area (Å²) in [7, 11) is 0. The lowest BCUT2D eigenvalue weighted by Crippen LogP contribution is -2.39. The predicted molar refractivity (Wildman–Crippen MR) is 70.4 cm³/mol. The zero-order chi connectivity index (χ0) is 13.0. The highest BCUT2D eigenvalue weighted by atomic mass is 16.1. The molecule has 0 aliphatic carbocycles. The van der Waals surface area contributed by atoms with Gasteiger partial charge in [-0.3, -0.25) is 4.79 Å². The van der Waals surface area contributed by atoms with Gasteiger partial charge in [0.25, 0.3) is 0 Å². The molecule has 5 heteroatoms. The minimum absolute atomic E-state index is 0.0503. The van der Waals surface area contributed by atoms with Crippen LogP contribution in [0.5, 0.6) is 0 Å². The minimum Gasteiger partial charge on any atom is -0.355 e. The number of nitrogens with zero attached hydrogens (tertiary/aromatic N) is 2. The first-order chi connectivity index (χ1) is 8.65. The third-order valence-corrected chi connectivity index (χ3v) is 3.73. The van der Waals surface area contributed by atoms with Gasteiger partial charge in [0.15, 0.2) is 0 Å². The van der Waals surface area contributed by atoms with Crippen LogP contribution in [0, 0.1) is 0 Å². The van der Waals surface area contributed by atoms with Gasteiger partial charge in [0, 0.05) is 23.9 Å². The van der Waals surface area contributed by atoms with Crippen molar-refractivity contribution in [3.63, 3.8) is 0 Å². The molecule has 1 amide bonds. The molecule has 100 valence electrons. The van der Waals surface area contributed by atoms with Crippen molar-refractivity contribution in [1.82, 2.24) is 20.2 Å². The van der Waals surface area contributed by atoms with Gasteiger partial charge in [0.1, 0.15) is 6.54 Å². The number of imidazole rings is 1. The van der Waals surface area contributed by atoms with Crippen molar-refractivity contribution in [2.24, 2.45) is 0 Å². The third-order valence-electron chi connectivity index (χ3n) is 3.73. The lowest BCUT2D eigenvalue weighted by Gasteiger charge is -2.34. The molecule has 2 heterocycles. The topological polar surface area (TPSA) is 59.0 Å². The SMILES string of the molecule is CCNC(=O)Cn1cncc1C1(C)CCNCC1. The molecule has 1 aromatic heterocycles. The highest BCUT2D eigenvalue weighted by molar-refractivity contribution is 5.75. The third kappa shape index (κ3) is 2.72. The quantitative estimate of drug-likeness (QED) is 0.825. The maximum absolute atomic E-state index is 11.7. The number of likely N-dealkylation sites (N-methyl/N-ethyl adjacent to an activating group) is 1. The molecular formula is C13H22N4O. The summed E-state index contributed by atoms with van der Waals surface area (Å²) >= 11 is 0. The molecule has 0 unspecified atom stereocenters. The second-order valence-corrected chi connectivity index (χ2v) is 5.17. The molecule has 18 heavy (non-hydrogen) atoms. The van der Waals surface area contributed by atoms with Crippen LogP contribution in [0.25, 0.3) is 0 Å². The first-order valence-corrected chi connectivity index (χ1v) is 6.64. The molecule has 0 radical (unpaired) electrons. The fourth-order valence-corrected chi connectivity index (χ4v) is 2.59. The second-order valence-electron chi connectivity index (χ2n) is 5.17. The van der Waals surface area contributed by atoms with Crippen LogP contribution in [0.15, 0.2) is 12.5 Å². The highest BCUT2D eigenvalue weighted by Crippen LogP contribution is 2.32. The van der Waals surface area contributed by atoms with E-state index in [4.69, 9.17) is 0 Å². The van der Waals surface area contributed by atoms with Crippen molar-refractivity contribution in [3.8, 4) is 0 Å². The van der Waals surface area contributed by atoms with Gasteiger partial charge in [-0.05, 0) is 32.9 Å². The molecule has 1 fully saturated rings. The van der Waals surface area contributed by atoms with E-state index in [1.165, 1.54) is 5.69 Å². The average molecular weight is 250 g/mol. The Morgan fingerprint density at radius 1 is 1.56 bits per heavy atom. The van der Waals surface area contributed by atoms with Crippen LogP contribution >= 0.6 is 0 Å². The number of carbonyl (C=O) groups is 1. The Hall–Kier alpha value is -1.36. The smallest absolute Gasteiger partial charge is 0.239 e. The molecule has 1 aromatic rings. The summed E-state index contributed by atoms with van der Waals surface area (Å²) in [5, 5.41) is 6.20. The van der Waals surface area contributed by atoms with Crippen LogP contribution < -0.4 is 10.6 Å². The Morgan fingerprint density at radius 3 is 2.94 bits per heavy atom. The maximum atomic E-state index is 11.7. The molecule has 1 saturated heterocycles. The molecule has 0 atom stereocenters. The lowest BCUT2D eigenvalue weighted by atomic mass is 9.78. The summed E-state index contributed by atoms with van der Waals surface area (Å²) in [6.07, 6.45) is 5.85. The lowest BCUT2D eigenvalue weighted by molar-refractivity contribution is -0.121. The summed E-state index contributed by atoms with van der Waals surface area (Å²) in [4.78, 5) is 15.9. The van der Waals surface area contributed by atoms with E-state index in [1.807, 2.05) is 17.7 Å². The zero-order valence-corrected chi connectivity index (χ0v) is 11.2. The van der Waals surface area contributed by atoms with E-state index in [-0.39, 0.29) is 11.3 Å². The standard InChI is InChI=1S/C13H22N4O/c1-3-16-12(18)9-17-10-15-8-11(17)13(2)4-6-14-7-5-13/h8,10,14H,3-7,9H2,1-2H3,(H,16,18). The Kier molecular flexibility index (Phi) is 4.01. The second kappa shape index (κ2) is 5.52. The fraction of sp³-hybridized carbons (Fsp3) is 0.692. The number of hydrogen-bond donors (Lipinski definition) is 2. The number of amides is 1. The van der Waals surface area contributed by atoms with Crippen molar-refractivity contribution in [1.29, 1.82) is 0 Å². The van der Waals surface area contributed by atoms with E-state index in [2.05, 4.69) is 22.5 Å². The molecule has 0 saturated carbocycles. The van der Waals surface area contributed by atoms with Crippen LogP contribution in [0.4, 0.5) is 0 Å². The molecule has 2 N–H and O–H groups in total. The van der Waals surface area contributed by atoms with Gasteiger partial charge in [-0.1, -0.05) is 6.92 Å². The van der Waals surface area contributed by atoms with E-state index in [9.17, 15) is 4.79 Å². The van der Waals surface area contributed by atoms with E-state index in [0.29, 0.717) is 13.1 Å². The molecule has 0 aromatic carbocycles. The monoisotopic (exact) mass is 250 g/mol. The van der Waals surface area contributed by atoms with Gasteiger partial charge in [-0.15, -0.1) is 0 Å². The van der Waals surface area contributed by atoms with Crippen molar-refractivity contribution >= 4 is 5.91 Å². The van der Waals surface area contributed by atoms with Gasteiger partial charge in [-0.2, -0.15) is 0 Å². The van der Waals surface area contributed by atoms with Crippen molar-refractivity contribution in [2.75, 3.05) is 19.6 Å². The van der Waals surface area contributed by atoms with Crippen LogP contribution in [0.1, 0.15) is 32.4 Å². The van der Waals surface area contributed by atoms with E-state index < -0.39 is 0 Å². The summed E-state index contributed by atoms with van der Waals surface area (Å²) < 4.78 is 1.98. The zero-order valence-electron chi connectivity index (χ0n) is 11.2. The molecule has 1 aliphatic rings. The van der Waals surface area contributed by atoms with Crippen molar-refractivity contribution in [3.05, 3.63) is 18.2 Å². The molecular weight excluding hydrogens is 228 g/mol. The number of carbonyl (C=O) groups excluding carboxylic acids is 1. The summed E-state index contributed by atoms with van der Waals surface area (Å²) in [6.45, 7) is 7.29. The molecule has 0 spiro atoms. The first kappa shape index (κ1) is 13.1. The number of piperidine rings is 1. The van der Waals surface area contributed by atoms with Gasteiger partial charge in [0.2, 0.25) is 5.91 Å². The molecule has 0 bridgehead atoms. The van der Waals surface area contributed by atoms with Gasteiger partial charge in [-0.25, -0.2) is 4.98 Å². The highest BCUT2D eigenvalue weighted by Gasteiger charge is 2.31. The Balaban J connectivity index is 2.13. The van der Waals surface area contributed by atoms with Gasteiger partial charge in [0.05, 0.1) is 6.33 Å². The van der Waals surface area contributed by atoms with Crippen LogP contribution in [0.2, 0.25) is 0 Å². The van der Waals surface area contributed by atoms with Gasteiger partial charge >= 0.3 is 0 Å². The number of rotatable bonds is 4. The summed E-state index contributed by atoms with van der Waals surface area (Å²) in [5.41, 5.74) is 1.31. The molecule has 5 nitrogen and oxygen atoms in total. The van der Waals surface area contributed by atoms with E-state index in [1.54, 1.807) is 6.33 Å². The number of hydrogen-bond acceptors (Lipinski definition) is 3. The van der Waals surface area contributed by atoms with E-state index >= 15 is 0 Å². The normalized spacial score (nSPS) is 18.6. The van der Waals surface area contributed by atoms with E-state index in [0.717, 1.165) is 25.9 Å². The van der Waals surface area contributed by atoms with Crippen LogP contribution in [-0.4, -0.2) is 35.1 Å². The van der Waals surface area contributed by atoms with Crippen molar-refractivity contribution in [2.45, 2.75) is 38.6 Å². The summed E-state index contributed by atoms with van der Waals surface area (Å²) in [6, 6.07) is 0. The first-order valence-electron chi connectivity index (χ1n) is 6.64. The van der Waals surface area contributed by atoms with Crippen LogP contribution in [0.3, 0.4) is 0 Å². The minimum atomic E-state index is 0.0503. The Bertz CT molecular complexity index is 407. The number of nitrogens with one attached hydrogen (secondary N) is 2.